The van der Waals surface area contributed by atoms with E-state index in [0.29, 0.717) is 17.9 Å². The van der Waals surface area contributed by atoms with Gasteiger partial charge >= 0.3 is 6.18 Å². The summed E-state index contributed by atoms with van der Waals surface area (Å²) in [7, 11) is -1.22. The number of sulfonamides is 1. The smallest absolute Gasteiger partial charge is 0.416 e. The number of rotatable bonds is 6. The number of nitrogens with zero attached hydrogens (tertiary/aromatic N) is 1. The van der Waals surface area contributed by atoms with E-state index in [2.05, 4.69) is 4.72 Å². The Bertz CT molecular complexity index is 961. The van der Waals surface area contributed by atoms with E-state index < -0.39 is 26.7 Å². The molecule has 0 bridgehead atoms. The van der Waals surface area contributed by atoms with Gasteiger partial charge in [-0.1, -0.05) is 11.6 Å². The normalized spacial score (nSPS) is 11.8. The van der Waals surface area contributed by atoms with Gasteiger partial charge in [0.15, 0.2) is 6.61 Å². The summed E-state index contributed by atoms with van der Waals surface area (Å²) in [6, 6.07) is 7.54. The highest BCUT2D eigenvalue weighted by Gasteiger charge is 2.32. The Balaban J connectivity index is 2.18. The molecule has 0 aliphatic heterocycles. The molecular weight excluding hydrogens is 421 g/mol. The third kappa shape index (κ3) is 5.52. The van der Waals surface area contributed by atoms with E-state index in [1.54, 1.807) is 14.1 Å². The number of hydrogen-bond donors (Lipinski definition) is 1. The van der Waals surface area contributed by atoms with E-state index in [1.165, 1.54) is 29.2 Å². The summed E-state index contributed by atoms with van der Waals surface area (Å²) >= 11 is 5.78. The van der Waals surface area contributed by atoms with Crippen molar-refractivity contribution in [2.45, 2.75) is 11.1 Å². The maximum Gasteiger partial charge on any atom is 0.416 e. The molecule has 0 saturated heterocycles. The molecule has 1 amide bonds. The summed E-state index contributed by atoms with van der Waals surface area (Å²) in [5.74, 6) is 0.0548. The highest BCUT2D eigenvalue weighted by atomic mass is 35.5. The van der Waals surface area contributed by atoms with E-state index in [-0.39, 0.29) is 23.2 Å². The van der Waals surface area contributed by atoms with Gasteiger partial charge in [-0.25, -0.2) is 8.42 Å². The first-order chi connectivity index (χ1) is 12.9. The van der Waals surface area contributed by atoms with Gasteiger partial charge < -0.3 is 9.64 Å². The third-order valence-corrected chi connectivity index (χ3v) is 5.38. The van der Waals surface area contributed by atoms with Gasteiger partial charge in [-0.3, -0.25) is 9.52 Å². The van der Waals surface area contributed by atoms with Gasteiger partial charge in [0, 0.05) is 19.8 Å². The largest absolute Gasteiger partial charge is 0.484 e. The Morgan fingerprint density at radius 1 is 1.14 bits per heavy atom. The highest BCUT2D eigenvalue weighted by molar-refractivity contribution is 7.92. The summed E-state index contributed by atoms with van der Waals surface area (Å²) in [6.45, 7) is -0.197. The summed E-state index contributed by atoms with van der Waals surface area (Å²) in [6.07, 6.45) is -4.71. The van der Waals surface area contributed by atoms with Crippen LogP contribution in [-0.2, 0) is 21.0 Å². The molecule has 6 nitrogen and oxygen atoms in total. The van der Waals surface area contributed by atoms with Gasteiger partial charge in [0.2, 0.25) is 0 Å². The number of carbonyl (C=O) groups excluding carboxylic acids is 1. The van der Waals surface area contributed by atoms with Crippen LogP contribution in [0.25, 0.3) is 0 Å². The average molecular weight is 437 g/mol. The van der Waals surface area contributed by atoms with Gasteiger partial charge in [0.05, 0.1) is 10.6 Å². The molecule has 2 aromatic carbocycles. The molecule has 0 atom stereocenters. The van der Waals surface area contributed by atoms with Crippen LogP contribution in [0.2, 0.25) is 5.02 Å². The SMILES string of the molecule is CN(C)C(=O)COc1ccc(NS(=O)(=O)c2cc(C(F)(F)F)ccc2Cl)cc1. The summed E-state index contributed by atoms with van der Waals surface area (Å²) in [5.41, 5.74) is -1.05. The minimum Gasteiger partial charge on any atom is -0.484 e. The summed E-state index contributed by atoms with van der Waals surface area (Å²) < 4.78 is 70.8. The Morgan fingerprint density at radius 2 is 1.75 bits per heavy atom. The van der Waals surface area contributed by atoms with E-state index in [4.69, 9.17) is 16.3 Å². The molecule has 152 valence electrons. The van der Waals surface area contributed by atoms with Crippen molar-refractivity contribution < 1.29 is 31.1 Å². The number of carbonyl (C=O) groups is 1. The standard InChI is InChI=1S/C17H16ClF3N2O4S/c1-23(2)16(24)10-27-13-6-4-12(5-7-13)22-28(25,26)15-9-11(17(19,20)21)3-8-14(15)18/h3-9,22H,10H2,1-2H3. The first-order valence-electron chi connectivity index (χ1n) is 7.73. The van der Waals surface area contributed by atoms with Crippen LogP contribution in [0.1, 0.15) is 5.56 Å². The fraction of sp³-hybridized carbons (Fsp3) is 0.235. The minimum atomic E-state index is -4.71. The second-order valence-corrected chi connectivity index (χ2v) is 7.91. The fourth-order valence-corrected chi connectivity index (χ4v) is 3.57. The topological polar surface area (TPSA) is 75.7 Å². The number of ether oxygens (including phenoxy) is 1. The van der Waals surface area contributed by atoms with Crippen molar-refractivity contribution in [3.8, 4) is 5.75 Å². The summed E-state index contributed by atoms with van der Waals surface area (Å²) in [4.78, 5) is 12.1. The van der Waals surface area contributed by atoms with E-state index in [9.17, 15) is 26.4 Å². The average Bonchev–Trinajstić information content (AvgIpc) is 2.59. The molecular formula is C17H16ClF3N2O4S. The zero-order chi connectivity index (χ0) is 21.1. The lowest BCUT2D eigenvalue weighted by molar-refractivity contribution is -0.137. The lowest BCUT2D eigenvalue weighted by atomic mass is 10.2. The molecule has 0 unspecified atom stereocenters. The predicted molar refractivity (Wildman–Crippen MR) is 97.9 cm³/mol. The predicted octanol–water partition coefficient (Wildman–Crippen LogP) is 3.63. The Morgan fingerprint density at radius 3 is 2.29 bits per heavy atom. The minimum absolute atomic E-state index is 0.0831. The molecule has 0 spiro atoms. The van der Waals surface area contributed by atoms with Crippen LogP contribution in [0.5, 0.6) is 5.75 Å². The van der Waals surface area contributed by atoms with Gasteiger partial charge in [-0.15, -0.1) is 0 Å². The van der Waals surface area contributed by atoms with Crippen molar-refractivity contribution in [2.75, 3.05) is 25.4 Å². The van der Waals surface area contributed by atoms with E-state index >= 15 is 0 Å². The quantitative estimate of drug-likeness (QED) is 0.750. The van der Waals surface area contributed by atoms with Gasteiger partial charge in [0.1, 0.15) is 10.6 Å². The van der Waals surface area contributed by atoms with Crippen LogP contribution in [0.15, 0.2) is 47.4 Å². The number of likely N-dealkylation sites (N-methyl/N-ethyl adjacent to an activating group) is 1. The molecule has 0 aliphatic rings. The molecule has 2 aromatic rings. The van der Waals surface area contributed by atoms with Crippen LogP contribution in [0.4, 0.5) is 18.9 Å². The number of halogens is 4. The second-order valence-electron chi connectivity index (χ2n) is 5.85. The number of benzene rings is 2. The molecule has 2 rings (SSSR count). The molecule has 0 fully saturated rings. The highest BCUT2D eigenvalue weighted by Crippen LogP contribution is 2.34. The fourth-order valence-electron chi connectivity index (χ4n) is 1.99. The van der Waals surface area contributed by atoms with Crippen molar-refractivity contribution in [3.63, 3.8) is 0 Å². The maximum atomic E-state index is 12.8. The zero-order valence-electron chi connectivity index (χ0n) is 14.7. The third-order valence-electron chi connectivity index (χ3n) is 3.52. The van der Waals surface area contributed by atoms with Crippen LogP contribution in [0.3, 0.4) is 0 Å². The van der Waals surface area contributed by atoms with Crippen LogP contribution < -0.4 is 9.46 Å². The van der Waals surface area contributed by atoms with Crippen LogP contribution in [0, 0.1) is 0 Å². The van der Waals surface area contributed by atoms with E-state index in [0.717, 1.165) is 6.07 Å². The second kappa shape index (κ2) is 8.27. The molecule has 1 N–H and O–H groups in total. The molecule has 28 heavy (non-hydrogen) atoms. The first kappa shape index (κ1) is 21.8. The number of hydrogen-bond acceptors (Lipinski definition) is 4. The van der Waals surface area contributed by atoms with Gasteiger partial charge in [0.25, 0.3) is 15.9 Å². The molecule has 0 heterocycles. The molecule has 0 saturated carbocycles. The zero-order valence-corrected chi connectivity index (χ0v) is 16.3. The van der Waals surface area contributed by atoms with Crippen molar-refractivity contribution in [1.29, 1.82) is 0 Å². The molecule has 0 aliphatic carbocycles. The van der Waals surface area contributed by atoms with E-state index in [1.807, 2.05) is 0 Å². The lowest BCUT2D eigenvalue weighted by Gasteiger charge is -2.13. The first-order valence-corrected chi connectivity index (χ1v) is 9.59. The monoisotopic (exact) mass is 436 g/mol. The van der Waals surface area contributed by atoms with Crippen molar-refractivity contribution in [2.24, 2.45) is 0 Å². The molecule has 11 heteroatoms. The number of nitrogens with one attached hydrogen (secondary N) is 1. The van der Waals surface area contributed by atoms with Crippen molar-refractivity contribution in [3.05, 3.63) is 53.1 Å². The molecule has 0 aromatic heterocycles. The number of alkyl halides is 3. The van der Waals surface area contributed by atoms with Crippen molar-refractivity contribution in [1.82, 2.24) is 4.90 Å². The maximum absolute atomic E-state index is 12.8. The number of amides is 1. The Hall–Kier alpha value is -2.46. The molecule has 0 radical (unpaired) electrons. The Kier molecular flexibility index (Phi) is 6.45. The van der Waals surface area contributed by atoms with Gasteiger partial charge in [-0.05, 0) is 42.5 Å². The number of anilines is 1. The van der Waals surface area contributed by atoms with Crippen LogP contribution >= 0.6 is 11.6 Å². The lowest BCUT2D eigenvalue weighted by Crippen LogP contribution is -2.27. The van der Waals surface area contributed by atoms with Crippen molar-refractivity contribution >= 4 is 33.2 Å². The van der Waals surface area contributed by atoms with Gasteiger partial charge in [-0.2, -0.15) is 13.2 Å². The Labute approximate surface area is 164 Å². The van der Waals surface area contributed by atoms with Crippen LogP contribution in [-0.4, -0.2) is 39.9 Å². The summed E-state index contributed by atoms with van der Waals surface area (Å²) in [5, 5.41) is -0.345.